The molecule has 0 N–H and O–H groups in total. The van der Waals surface area contributed by atoms with E-state index >= 15 is 0 Å². The number of aliphatic imine (C=N–C) groups is 2. The van der Waals surface area contributed by atoms with Crippen LogP contribution in [0.4, 0.5) is 0 Å². The van der Waals surface area contributed by atoms with Crippen molar-refractivity contribution < 1.29 is 0 Å². The molecule has 0 aliphatic carbocycles. The Morgan fingerprint density at radius 1 is 0.920 bits per heavy atom. The largest absolute Gasteiger partial charge is 0.287 e. The van der Waals surface area contributed by atoms with Gasteiger partial charge in [-0.1, -0.05) is 63.9 Å². The second-order valence-corrected chi connectivity index (χ2v) is 9.09. The van der Waals surface area contributed by atoms with Crippen molar-refractivity contribution in [2.45, 2.75) is 84.7 Å². The van der Waals surface area contributed by atoms with Gasteiger partial charge >= 0.3 is 0 Å². The molecule has 0 amide bonds. The van der Waals surface area contributed by atoms with E-state index in [1.165, 1.54) is 0 Å². The molecule has 0 fully saturated rings. The van der Waals surface area contributed by atoms with Crippen LogP contribution in [0, 0.1) is 0 Å². The number of nitrogens with zero attached hydrogens (tertiary/aromatic N) is 2. The van der Waals surface area contributed by atoms with Crippen LogP contribution in [-0.2, 0) is 0 Å². The van der Waals surface area contributed by atoms with E-state index in [4.69, 9.17) is 9.98 Å². The predicted octanol–water partition coefficient (Wildman–Crippen LogP) is 5.79. The molecular weight excluding hydrogens is 302 g/mol. The average Bonchev–Trinajstić information content (AvgIpc) is 2.49. The maximum atomic E-state index is 4.76. The zero-order valence-corrected chi connectivity index (χ0v) is 17.5. The first-order chi connectivity index (χ1) is 11.5. The third-order valence-electron chi connectivity index (χ3n) is 4.06. The van der Waals surface area contributed by atoms with Crippen LogP contribution in [0.25, 0.3) is 0 Å². The number of hydrogen-bond donors (Lipinski definition) is 0. The lowest BCUT2D eigenvalue weighted by Gasteiger charge is -2.20. The number of rotatable bonds is 9. The molecule has 1 rings (SSSR count). The quantitative estimate of drug-likeness (QED) is 0.403. The molecule has 25 heavy (non-hydrogen) atoms. The molecule has 0 aromatic heterocycles. The van der Waals surface area contributed by atoms with Crippen LogP contribution in [0.1, 0.15) is 52.7 Å². The van der Waals surface area contributed by atoms with Gasteiger partial charge in [-0.25, -0.2) is 0 Å². The Morgan fingerprint density at radius 2 is 1.36 bits per heavy atom. The molecule has 0 aliphatic heterocycles. The zero-order valence-electron chi connectivity index (χ0n) is 17.5. The van der Waals surface area contributed by atoms with E-state index in [-0.39, 0.29) is 11.1 Å². The molecule has 0 bridgehead atoms. The smallest absolute Gasteiger partial charge is 0.136 e. The molecule has 1 radical (unpaired) electrons. The molecule has 135 valence electrons. The van der Waals surface area contributed by atoms with Crippen molar-refractivity contribution >= 4 is 26.4 Å². The molecule has 2 nitrogen and oxygen atoms in total. The fourth-order valence-corrected chi connectivity index (χ4v) is 2.80. The minimum Gasteiger partial charge on any atom is -0.287 e. The summed E-state index contributed by atoms with van der Waals surface area (Å²) in [6, 6.07) is 8.46. The molecule has 0 heterocycles. The molecule has 1 aromatic carbocycles. The summed E-state index contributed by atoms with van der Waals surface area (Å²) in [5.41, 5.74) is 2.22. The Hall–Kier alpha value is -1.31. The molecule has 1 aromatic rings. The van der Waals surface area contributed by atoms with E-state index < -0.39 is 0 Å². The maximum absolute atomic E-state index is 4.76. The Labute approximate surface area is 157 Å². The molecule has 4 heteroatoms. The lowest BCUT2D eigenvalue weighted by atomic mass is 9.48. The summed E-state index contributed by atoms with van der Waals surface area (Å²) in [5, 5.41) is 0. The Balaban J connectivity index is 2.68. The fraction of sp³-hybridized carbons (Fsp3) is 0.619. The summed E-state index contributed by atoms with van der Waals surface area (Å²) < 4.78 is 0. The molecular formula is C21H35B2N2. The molecule has 0 spiro atoms. The highest BCUT2D eigenvalue weighted by Crippen LogP contribution is 2.19. The maximum Gasteiger partial charge on any atom is 0.136 e. The monoisotopic (exact) mass is 337 g/mol. The van der Waals surface area contributed by atoms with Gasteiger partial charge in [-0.2, -0.15) is 0 Å². The Kier molecular flexibility index (Phi) is 8.18. The first-order valence-electron chi connectivity index (χ1n) is 9.53. The second kappa shape index (κ2) is 9.40. The van der Waals surface area contributed by atoms with Crippen molar-refractivity contribution in [1.29, 1.82) is 0 Å². The first kappa shape index (κ1) is 21.7. The van der Waals surface area contributed by atoms with Crippen molar-refractivity contribution in [3.05, 3.63) is 35.4 Å². The minimum absolute atomic E-state index is 0.00870. The van der Waals surface area contributed by atoms with Crippen LogP contribution in [0.15, 0.2) is 34.3 Å². The summed E-state index contributed by atoms with van der Waals surface area (Å²) in [5.74, 6) is 0.605. The summed E-state index contributed by atoms with van der Waals surface area (Å²) in [7, 11) is 2.33. The van der Waals surface area contributed by atoms with Gasteiger partial charge in [-0.05, 0) is 45.1 Å². The van der Waals surface area contributed by atoms with Crippen LogP contribution in [0.5, 0.6) is 0 Å². The van der Waals surface area contributed by atoms with Crippen LogP contribution in [0.2, 0.25) is 32.1 Å². The number of benzene rings is 1. The van der Waals surface area contributed by atoms with E-state index in [1.54, 1.807) is 0 Å². The SMILES string of the molecule is CB(C)CC(C)(C)N=Cc1ccc(C=NC(C)(C)C[B]C(C)C)cc1. The van der Waals surface area contributed by atoms with Gasteiger partial charge in [0.2, 0.25) is 0 Å². The highest BCUT2D eigenvalue weighted by atomic mass is 14.8. The van der Waals surface area contributed by atoms with Gasteiger partial charge in [0.25, 0.3) is 0 Å². The standard InChI is InChI=1S/C21H35B2N2/c1-17(2)22-15-20(3,4)24-13-18-9-11-19(12-10-18)14-25-21(5,6)16-23(7)8/h9-14,17H,15-16H2,1-8H3. The van der Waals surface area contributed by atoms with Gasteiger partial charge in [0.15, 0.2) is 0 Å². The summed E-state index contributed by atoms with van der Waals surface area (Å²) >= 11 is 0. The summed E-state index contributed by atoms with van der Waals surface area (Å²) in [4.78, 5) is 9.52. The molecule has 0 saturated carbocycles. The van der Waals surface area contributed by atoms with Crippen molar-refractivity contribution in [3.8, 4) is 0 Å². The highest BCUT2D eigenvalue weighted by molar-refractivity contribution is 6.56. The van der Waals surface area contributed by atoms with E-state index in [0.29, 0.717) is 12.5 Å². The Bertz CT molecular complexity index is 570. The van der Waals surface area contributed by atoms with E-state index in [0.717, 1.165) is 23.8 Å². The lowest BCUT2D eigenvalue weighted by molar-refractivity contribution is 0.580. The van der Waals surface area contributed by atoms with Gasteiger partial charge in [0, 0.05) is 23.5 Å². The lowest BCUT2D eigenvalue weighted by Crippen LogP contribution is -2.22. The normalized spacial score (nSPS) is 13.2. The van der Waals surface area contributed by atoms with Crippen LogP contribution < -0.4 is 0 Å². The first-order valence-corrected chi connectivity index (χ1v) is 9.53. The van der Waals surface area contributed by atoms with Crippen molar-refractivity contribution in [3.63, 3.8) is 0 Å². The highest BCUT2D eigenvalue weighted by Gasteiger charge is 2.18. The molecule has 0 aliphatic rings. The van der Waals surface area contributed by atoms with Crippen molar-refractivity contribution in [2.75, 3.05) is 0 Å². The van der Waals surface area contributed by atoms with Gasteiger partial charge in [0.1, 0.15) is 14.0 Å². The van der Waals surface area contributed by atoms with Gasteiger partial charge in [-0.15, -0.1) is 0 Å². The average molecular weight is 337 g/mol. The van der Waals surface area contributed by atoms with E-state index in [2.05, 4.69) is 86.7 Å². The summed E-state index contributed by atoms with van der Waals surface area (Å²) in [6.07, 6.45) is 6.07. The molecule has 0 saturated heterocycles. The molecule has 0 atom stereocenters. The van der Waals surface area contributed by atoms with Gasteiger partial charge in [-0.3, -0.25) is 9.98 Å². The minimum atomic E-state index is -0.0503. The zero-order chi connectivity index (χ0) is 19.1. The van der Waals surface area contributed by atoms with Crippen molar-refractivity contribution in [2.24, 2.45) is 9.98 Å². The van der Waals surface area contributed by atoms with Gasteiger partial charge < -0.3 is 0 Å². The third kappa shape index (κ3) is 9.67. The van der Waals surface area contributed by atoms with Crippen molar-refractivity contribution in [1.82, 2.24) is 0 Å². The van der Waals surface area contributed by atoms with Crippen LogP contribution >= 0.6 is 0 Å². The van der Waals surface area contributed by atoms with E-state index in [9.17, 15) is 0 Å². The predicted molar refractivity (Wildman–Crippen MR) is 118 cm³/mol. The topological polar surface area (TPSA) is 24.7 Å². The number of hydrogen-bond acceptors (Lipinski definition) is 2. The molecule has 0 unspecified atom stereocenters. The third-order valence-corrected chi connectivity index (χ3v) is 4.06. The van der Waals surface area contributed by atoms with Gasteiger partial charge in [0.05, 0.1) is 0 Å². The fourth-order valence-electron chi connectivity index (χ4n) is 2.80. The van der Waals surface area contributed by atoms with E-state index in [1.807, 2.05) is 12.4 Å². The summed E-state index contributed by atoms with van der Waals surface area (Å²) in [6.45, 7) is 18.3. The Morgan fingerprint density at radius 3 is 1.76 bits per heavy atom. The van der Waals surface area contributed by atoms with Crippen LogP contribution in [0.3, 0.4) is 0 Å². The van der Waals surface area contributed by atoms with Crippen LogP contribution in [-0.4, -0.2) is 37.5 Å². The second-order valence-electron chi connectivity index (χ2n) is 9.09.